The molecule has 0 saturated carbocycles. The number of hydrogen-bond donors (Lipinski definition) is 2. The summed E-state index contributed by atoms with van der Waals surface area (Å²) in [6, 6.07) is 14.4. The van der Waals surface area contributed by atoms with E-state index in [0.717, 1.165) is 22.4 Å². The Bertz CT molecular complexity index is 1070. The van der Waals surface area contributed by atoms with E-state index in [1.165, 1.54) is 6.07 Å². The maximum atomic E-state index is 13.5. The van der Waals surface area contributed by atoms with Crippen molar-refractivity contribution in [3.8, 4) is 0 Å². The molecule has 0 amide bonds. The Morgan fingerprint density at radius 2 is 1.70 bits per heavy atom. The van der Waals surface area contributed by atoms with Crippen LogP contribution in [0.5, 0.6) is 0 Å². The van der Waals surface area contributed by atoms with E-state index >= 15 is 0 Å². The molecule has 0 aromatic heterocycles. The van der Waals surface area contributed by atoms with E-state index in [1.54, 1.807) is 26.1 Å². The Kier molecular flexibility index (Phi) is 8.92. The Labute approximate surface area is 194 Å². The lowest BCUT2D eigenvalue weighted by atomic mass is 9.88. The van der Waals surface area contributed by atoms with Gasteiger partial charge >= 0.3 is 6.18 Å². The van der Waals surface area contributed by atoms with Gasteiger partial charge in [-0.3, -0.25) is 0 Å². The SMILES string of the molecule is C=C.C=C(NC)/C(Cc1ccccc1)=C(\N)C1=CCC(c2ccc(C)cc2C(F)(F)F)=CC1. The summed E-state index contributed by atoms with van der Waals surface area (Å²) in [7, 11) is 1.80. The number of benzene rings is 2. The van der Waals surface area contributed by atoms with Crippen LogP contribution >= 0.6 is 0 Å². The number of hydrogen-bond acceptors (Lipinski definition) is 2. The molecular weight excluding hydrogens is 421 g/mol. The standard InChI is InChI=1S/C26H27F3N2.C2H4/c1-17-9-14-22(24(15-17)26(27,28)29)20-10-12-21(13-11-20)25(30)23(18(2)31-3)16-19-7-5-4-6-8-19;1-2/h4-10,13-15,31H,2,11-12,16,30H2,1,3H3;1-2H2/b25-23-;. The molecule has 0 spiro atoms. The van der Waals surface area contributed by atoms with E-state index in [2.05, 4.69) is 25.1 Å². The Morgan fingerprint density at radius 1 is 1.03 bits per heavy atom. The zero-order valence-corrected chi connectivity index (χ0v) is 19.2. The van der Waals surface area contributed by atoms with Crippen LogP contribution in [0.2, 0.25) is 0 Å². The largest absolute Gasteiger partial charge is 0.417 e. The fourth-order valence-electron chi connectivity index (χ4n) is 3.75. The molecule has 0 fully saturated rings. The minimum atomic E-state index is -4.39. The van der Waals surface area contributed by atoms with Gasteiger partial charge in [-0.05, 0) is 48.1 Å². The van der Waals surface area contributed by atoms with Crippen LogP contribution in [0.15, 0.2) is 103 Å². The van der Waals surface area contributed by atoms with E-state index in [4.69, 9.17) is 5.73 Å². The molecule has 0 aliphatic heterocycles. The first-order valence-electron chi connectivity index (χ1n) is 10.7. The van der Waals surface area contributed by atoms with Crippen molar-refractivity contribution in [1.82, 2.24) is 5.32 Å². The molecular formula is C28H31F3N2. The maximum absolute atomic E-state index is 13.5. The molecule has 0 saturated heterocycles. The van der Waals surface area contributed by atoms with Crippen molar-refractivity contribution in [2.45, 2.75) is 32.4 Å². The van der Waals surface area contributed by atoms with Crippen LogP contribution in [0, 0.1) is 6.92 Å². The Balaban J connectivity index is 0.00000187. The lowest BCUT2D eigenvalue weighted by Gasteiger charge is -2.21. The normalized spacial score (nSPS) is 14.2. The topological polar surface area (TPSA) is 38.0 Å². The fraction of sp³-hybridized carbons (Fsp3) is 0.214. The number of nitrogens with one attached hydrogen (secondary N) is 1. The van der Waals surface area contributed by atoms with E-state index in [0.29, 0.717) is 36.1 Å². The average Bonchev–Trinajstić information content (AvgIpc) is 2.83. The minimum absolute atomic E-state index is 0.236. The lowest BCUT2D eigenvalue weighted by Crippen LogP contribution is -2.16. The minimum Gasteiger partial charge on any atom is -0.398 e. The van der Waals surface area contributed by atoms with Crippen LogP contribution in [0.4, 0.5) is 13.2 Å². The van der Waals surface area contributed by atoms with Gasteiger partial charge in [-0.15, -0.1) is 13.2 Å². The van der Waals surface area contributed by atoms with Crippen LogP contribution in [0.25, 0.3) is 5.57 Å². The highest BCUT2D eigenvalue weighted by Gasteiger charge is 2.34. The van der Waals surface area contributed by atoms with Crippen molar-refractivity contribution >= 4 is 5.57 Å². The smallest absolute Gasteiger partial charge is 0.398 e. The monoisotopic (exact) mass is 452 g/mol. The molecule has 0 unspecified atom stereocenters. The van der Waals surface area contributed by atoms with Crippen molar-refractivity contribution < 1.29 is 13.2 Å². The number of rotatable bonds is 6. The third-order valence-corrected chi connectivity index (χ3v) is 5.52. The number of allylic oxidation sites excluding steroid dienone is 5. The summed E-state index contributed by atoms with van der Waals surface area (Å²) >= 11 is 0. The van der Waals surface area contributed by atoms with E-state index in [9.17, 15) is 13.2 Å². The molecule has 174 valence electrons. The molecule has 3 rings (SSSR count). The third-order valence-electron chi connectivity index (χ3n) is 5.52. The number of likely N-dealkylation sites (N-methyl/N-ethyl adjacent to an activating group) is 1. The summed E-state index contributed by atoms with van der Waals surface area (Å²) in [5.41, 5.74) is 11.7. The van der Waals surface area contributed by atoms with Crippen molar-refractivity contribution in [2.75, 3.05) is 7.05 Å². The third kappa shape index (κ3) is 6.51. The van der Waals surface area contributed by atoms with Crippen LogP contribution in [0.3, 0.4) is 0 Å². The van der Waals surface area contributed by atoms with Crippen LogP contribution in [-0.4, -0.2) is 7.05 Å². The van der Waals surface area contributed by atoms with Gasteiger partial charge in [-0.25, -0.2) is 0 Å². The van der Waals surface area contributed by atoms with Crippen molar-refractivity contribution in [3.05, 3.63) is 125 Å². The molecule has 0 bridgehead atoms. The van der Waals surface area contributed by atoms with Gasteiger partial charge in [0, 0.05) is 30.4 Å². The molecule has 0 atom stereocenters. The predicted molar refractivity (Wildman–Crippen MR) is 132 cm³/mol. The molecule has 1 aliphatic rings. The second-order valence-corrected chi connectivity index (χ2v) is 7.70. The van der Waals surface area contributed by atoms with Gasteiger partial charge in [-0.1, -0.05) is 66.8 Å². The van der Waals surface area contributed by atoms with Crippen LogP contribution in [0.1, 0.15) is 35.1 Å². The van der Waals surface area contributed by atoms with Crippen molar-refractivity contribution in [2.24, 2.45) is 5.73 Å². The Hall–Kier alpha value is -3.47. The number of nitrogens with two attached hydrogens (primary N) is 1. The summed E-state index contributed by atoms with van der Waals surface area (Å²) in [6.07, 6.45) is 0.881. The molecule has 0 radical (unpaired) electrons. The second-order valence-electron chi connectivity index (χ2n) is 7.70. The van der Waals surface area contributed by atoms with E-state index in [-0.39, 0.29) is 5.56 Å². The highest BCUT2D eigenvalue weighted by atomic mass is 19.4. The number of alkyl halides is 3. The summed E-state index contributed by atoms with van der Waals surface area (Å²) in [6.45, 7) is 11.7. The van der Waals surface area contributed by atoms with E-state index < -0.39 is 11.7 Å². The van der Waals surface area contributed by atoms with E-state index in [1.807, 2.05) is 42.5 Å². The van der Waals surface area contributed by atoms with Gasteiger partial charge in [-0.2, -0.15) is 13.2 Å². The van der Waals surface area contributed by atoms with Crippen molar-refractivity contribution in [3.63, 3.8) is 0 Å². The average molecular weight is 453 g/mol. The number of halogens is 3. The summed E-state index contributed by atoms with van der Waals surface area (Å²) in [5.74, 6) is 0. The highest BCUT2D eigenvalue weighted by Crippen LogP contribution is 2.38. The molecule has 0 heterocycles. The summed E-state index contributed by atoms with van der Waals surface area (Å²) < 4.78 is 40.6. The van der Waals surface area contributed by atoms with Crippen molar-refractivity contribution in [1.29, 1.82) is 0 Å². The van der Waals surface area contributed by atoms with Gasteiger partial charge < -0.3 is 11.1 Å². The maximum Gasteiger partial charge on any atom is 0.417 e. The lowest BCUT2D eigenvalue weighted by molar-refractivity contribution is -0.137. The molecule has 3 N–H and O–H groups in total. The highest BCUT2D eigenvalue weighted by molar-refractivity contribution is 5.72. The first-order valence-corrected chi connectivity index (χ1v) is 10.7. The van der Waals surface area contributed by atoms with Gasteiger partial charge in [0.2, 0.25) is 0 Å². The molecule has 5 heteroatoms. The quantitative estimate of drug-likeness (QED) is 0.362. The fourth-order valence-corrected chi connectivity index (χ4v) is 3.75. The first kappa shape index (κ1) is 25.8. The predicted octanol–water partition coefficient (Wildman–Crippen LogP) is 7.11. The summed E-state index contributed by atoms with van der Waals surface area (Å²) in [5, 5.41) is 3.07. The second kappa shape index (κ2) is 11.4. The van der Waals surface area contributed by atoms with Crippen LogP contribution in [-0.2, 0) is 12.6 Å². The number of aryl methyl sites for hydroxylation is 1. The molecule has 2 aromatic rings. The zero-order chi connectivity index (χ0) is 24.6. The van der Waals surface area contributed by atoms with Gasteiger partial charge in [0.15, 0.2) is 0 Å². The van der Waals surface area contributed by atoms with Gasteiger partial charge in [0.05, 0.1) is 5.56 Å². The summed E-state index contributed by atoms with van der Waals surface area (Å²) in [4.78, 5) is 0. The zero-order valence-electron chi connectivity index (χ0n) is 19.2. The molecule has 1 aliphatic carbocycles. The van der Waals surface area contributed by atoms with Gasteiger partial charge in [0.25, 0.3) is 0 Å². The first-order chi connectivity index (χ1) is 15.7. The molecule has 2 aromatic carbocycles. The molecule has 33 heavy (non-hydrogen) atoms. The van der Waals surface area contributed by atoms with Crippen LogP contribution < -0.4 is 11.1 Å². The molecule has 2 nitrogen and oxygen atoms in total. The Morgan fingerprint density at radius 3 is 2.24 bits per heavy atom. The van der Waals surface area contributed by atoms with Gasteiger partial charge in [0.1, 0.15) is 0 Å².